The lowest BCUT2D eigenvalue weighted by Gasteiger charge is -2.36. The number of hydrogen-bond acceptors (Lipinski definition) is 4. The van der Waals surface area contributed by atoms with Gasteiger partial charge in [0.1, 0.15) is 5.75 Å². The van der Waals surface area contributed by atoms with Crippen LogP contribution in [0.2, 0.25) is 0 Å². The van der Waals surface area contributed by atoms with Gasteiger partial charge in [0, 0.05) is 0 Å². The third kappa shape index (κ3) is 3.60. The zero-order valence-corrected chi connectivity index (χ0v) is 17.3. The number of carbonyl (C=O) groups is 2. The lowest BCUT2D eigenvalue weighted by atomic mass is 10.1. The van der Waals surface area contributed by atoms with Gasteiger partial charge in [-0.3, -0.25) is 9.59 Å². The molecule has 152 valence electrons. The summed E-state index contributed by atoms with van der Waals surface area (Å²) in [5.41, 5.74) is 3.89. The summed E-state index contributed by atoms with van der Waals surface area (Å²) in [6.45, 7) is 7.27. The van der Waals surface area contributed by atoms with Gasteiger partial charge in [0.15, 0.2) is 6.04 Å². The van der Waals surface area contributed by atoms with Crippen LogP contribution >= 0.6 is 0 Å². The van der Waals surface area contributed by atoms with E-state index in [4.69, 9.17) is 4.74 Å². The molecule has 2 heterocycles. The van der Waals surface area contributed by atoms with Gasteiger partial charge in [-0.1, -0.05) is 29.8 Å². The SMILES string of the molecule is COc1ccccc1N1CC[NH+]([C@H]2CC(=O)N(c3ccc(C)cc3C)C2=O)CC1. The molecule has 2 amide bonds. The number of nitrogens with zero attached hydrogens (tertiary/aromatic N) is 2. The normalized spacial score (nSPS) is 20.4. The summed E-state index contributed by atoms with van der Waals surface area (Å²) >= 11 is 0. The molecule has 2 saturated heterocycles. The molecule has 0 aliphatic carbocycles. The maximum atomic E-state index is 13.2. The van der Waals surface area contributed by atoms with Crippen LogP contribution in [0.25, 0.3) is 0 Å². The average Bonchev–Trinajstić information content (AvgIpc) is 3.02. The first-order valence-electron chi connectivity index (χ1n) is 10.2. The zero-order chi connectivity index (χ0) is 20.5. The highest BCUT2D eigenvalue weighted by Crippen LogP contribution is 2.28. The standard InChI is InChI=1S/C23H27N3O3/c1-16-8-9-18(17(2)14-16)26-22(27)15-20(23(26)28)25-12-10-24(11-13-25)19-6-4-5-7-21(19)29-3/h4-9,14,20H,10-13,15H2,1-3H3/p+1/t20-/m0/s1. The van der Waals surface area contributed by atoms with E-state index < -0.39 is 0 Å². The van der Waals surface area contributed by atoms with Crippen LogP contribution in [0.15, 0.2) is 42.5 Å². The number of imide groups is 1. The molecule has 6 heteroatoms. The quantitative estimate of drug-likeness (QED) is 0.796. The van der Waals surface area contributed by atoms with Crippen molar-refractivity contribution in [2.24, 2.45) is 0 Å². The molecule has 29 heavy (non-hydrogen) atoms. The van der Waals surface area contributed by atoms with E-state index >= 15 is 0 Å². The first kappa shape index (κ1) is 19.5. The molecular formula is C23H28N3O3+. The highest BCUT2D eigenvalue weighted by Gasteiger charge is 2.46. The van der Waals surface area contributed by atoms with Crippen LogP contribution in [0.5, 0.6) is 5.75 Å². The number of rotatable bonds is 4. The van der Waals surface area contributed by atoms with Crippen molar-refractivity contribution >= 4 is 23.2 Å². The lowest BCUT2D eigenvalue weighted by molar-refractivity contribution is -0.915. The number of amides is 2. The van der Waals surface area contributed by atoms with Crippen LogP contribution < -0.4 is 19.4 Å². The highest BCUT2D eigenvalue weighted by atomic mass is 16.5. The molecule has 0 radical (unpaired) electrons. The Balaban J connectivity index is 1.47. The van der Waals surface area contributed by atoms with Crippen LogP contribution in [0.1, 0.15) is 17.5 Å². The van der Waals surface area contributed by atoms with Gasteiger partial charge in [-0.05, 0) is 37.6 Å². The van der Waals surface area contributed by atoms with Gasteiger partial charge in [0.2, 0.25) is 5.91 Å². The predicted molar refractivity (Wildman–Crippen MR) is 113 cm³/mol. The minimum Gasteiger partial charge on any atom is -0.495 e. The fourth-order valence-electron chi connectivity index (χ4n) is 4.53. The summed E-state index contributed by atoms with van der Waals surface area (Å²) < 4.78 is 5.49. The van der Waals surface area contributed by atoms with Gasteiger partial charge in [-0.2, -0.15) is 0 Å². The molecule has 0 bridgehead atoms. The molecule has 0 unspecified atom stereocenters. The number of hydrogen-bond donors (Lipinski definition) is 1. The van der Waals surface area contributed by atoms with Crippen LogP contribution in [0.3, 0.4) is 0 Å². The molecule has 0 spiro atoms. The number of ether oxygens (including phenoxy) is 1. The number of carbonyl (C=O) groups excluding carboxylic acids is 2. The number of piperazine rings is 1. The summed E-state index contributed by atoms with van der Waals surface area (Å²) in [6.07, 6.45) is 0.288. The Morgan fingerprint density at radius 2 is 1.72 bits per heavy atom. The molecule has 4 rings (SSSR count). The van der Waals surface area contributed by atoms with E-state index in [1.165, 1.54) is 9.80 Å². The molecule has 2 fully saturated rings. The molecule has 0 aromatic heterocycles. The van der Waals surface area contributed by atoms with Crippen molar-refractivity contribution in [2.75, 3.05) is 43.1 Å². The van der Waals surface area contributed by atoms with Gasteiger partial charge in [0.25, 0.3) is 5.91 Å². The van der Waals surface area contributed by atoms with Crippen LogP contribution in [-0.2, 0) is 9.59 Å². The average molecular weight is 394 g/mol. The van der Waals surface area contributed by atoms with Crippen molar-refractivity contribution in [1.82, 2.24) is 0 Å². The minimum atomic E-state index is -0.289. The van der Waals surface area contributed by atoms with Crippen molar-refractivity contribution < 1.29 is 19.2 Å². The Kier molecular flexibility index (Phi) is 5.28. The number of quaternary nitrogens is 1. The van der Waals surface area contributed by atoms with Crippen LogP contribution in [0, 0.1) is 13.8 Å². The number of para-hydroxylation sites is 2. The second-order valence-electron chi connectivity index (χ2n) is 7.93. The van der Waals surface area contributed by atoms with Gasteiger partial charge in [0.05, 0.1) is 51.1 Å². The fourth-order valence-corrected chi connectivity index (χ4v) is 4.53. The largest absolute Gasteiger partial charge is 0.495 e. The minimum absolute atomic E-state index is 0.0669. The van der Waals surface area contributed by atoms with Crippen molar-refractivity contribution in [2.45, 2.75) is 26.3 Å². The smallest absolute Gasteiger partial charge is 0.292 e. The van der Waals surface area contributed by atoms with Gasteiger partial charge in [-0.25, -0.2) is 4.90 Å². The monoisotopic (exact) mass is 394 g/mol. The first-order valence-corrected chi connectivity index (χ1v) is 10.2. The van der Waals surface area contributed by atoms with E-state index in [9.17, 15) is 9.59 Å². The summed E-state index contributed by atoms with van der Waals surface area (Å²) in [7, 11) is 1.69. The number of nitrogens with one attached hydrogen (secondary N) is 1. The molecule has 1 atom stereocenters. The molecule has 2 aliphatic rings. The van der Waals surface area contributed by atoms with Gasteiger partial charge >= 0.3 is 0 Å². The lowest BCUT2D eigenvalue weighted by Crippen LogP contribution is -3.19. The Labute approximate surface area is 171 Å². The Morgan fingerprint density at radius 1 is 1.00 bits per heavy atom. The fraction of sp³-hybridized carbons (Fsp3) is 0.391. The van der Waals surface area contributed by atoms with E-state index in [2.05, 4.69) is 11.0 Å². The molecule has 2 aromatic rings. The summed E-state index contributed by atoms with van der Waals surface area (Å²) in [5.74, 6) is 0.707. The Bertz CT molecular complexity index is 935. The highest BCUT2D eigenvalue weighted by molar-refractivity contribution is 6.22. The molecule has 1 N–H and O–H groups in total. The topological polar surface area (TPSA) is 54.3 Å². The first-order chi connectivity index (χ1) is 14.0. The number of aryl methyl sites for hydroxylation is 2. The van der Waals surface area contributed by atoms with Crippen molar-refractivity contribution in [3.63, 3.8) is 0 Å². The number of anilines is 2. The van der Waals surface area contributed by atoms with Crippen LogP contribution in [0.4, 0.5) is 11.4 Å². The van der Waals surface area contributed by atoms with Gasteiger partial charge in [-0.15, -0.1) is 0 Å². The number of benzene rings is 2. The van der Waals surface area contributed by atoms with E-state index in [1.807, 2.05) is 50.2 Å². The predicted octanol–water partition coefficient (Wildman–Crippen LogP) is 1.35. The maximum Gasteiger partial charge on any atom is 0.292 e. The third-order valence-corrected chi connectivity index (χ3v) is 6.06. The third-order valence-electron chi connectivity index (χ3n) is 6.06. The summed E-state index contributed by atoms with van der Waals surface area (Å²) in [5, 5.41) is 0. The van der Waals surface area contributed by atoms with E-state index in [-0.39, 0.29) is 24.3 Å². The molecular weight excluding hydrogens is 366 g/mol. The number of methoxy groups -OCH3 is 1. The molecule has 2 aliphatic heterocycles. The second kappa shape index (κ2) is 7.87. The Morgan fingerprint density at radius 3 is 2.41 bits per heavy atom. The Hall–Kier alpha value is -2.86. The molecule has 6 nitrogen and oxygen atoms in total. The van der Waals surface area contributed by atoms with E-state index in [1.54, 1.807) is 7.11 Å². The van der Waals surface area contributed by atoms with Gasteiger partial charge < -0.3 is 14.5 Å². The summed E-state index contributed by atoms with van der Waals surface area (Å²) in [6, 6.07) is 13.6. The van der Waals surface area contributed by atoms with E-state index in [0.717, 1.165) is 54.4 Å². The maximum absolute atomic E-state index is 13.2. The van der Waals surface area contributed by atoms with Crippen molar-refractivity contribution in [3.8, 4) is 5.75 Å². The summed E-state index contributed by atoms with van der Waals surface area (Å²) in [4.78, 5) is 30.8. The second-order valence-corrected chi connectivity index (χ2v) is 7.93. The molecule has 2 aromatic carbocycles. The molecule has 0 saturated carbocycles. The zero-order valence-electron chi connectivity index (χ0n) is 17.3. The van der Waals surface area contributed by atoms with Crippen LogP contribution in [-0.4, -0.2) is 51.1 Å². The van der Waals surface area contributed by atoms with E-state index in [0.29, 0.717) is 0 Å². The van der Waals surface area contributed by atoms with Crippen molar-refractivity contribution in [3.05, 3.63) is 53.6 Å². The van der Waals surface area contributed by atoms with Crippen molar-refractivity contribution in [1.29, 1.82) is 0 Å².